The zero-order valence-electron chi connectivity index (χ0n) is 23.5. The molecule has 2 saturated carbocycles. The largest absolute Gasteiger partial charge is 0.633 e. The zero-order valence-corrected chi connectivity index (χ0v) is 23.5. The summed E-state index contributed by atoms with van der Waals surface area (Å²) in [5.74, 6) is 1.79. The van der Waals surface area contributed by atoms with Gasteiger partial charge in [-0.1, -0.05) is 38.5 Å². The molecular weight excluding hydrogens is 452 g/mol. The predicted octanol–water partition coefficient (Wildman–Crippen LogP) is 5.03. The van der Waals surface area contributed by atoms with Crippen LogP contribution in [0.2, 0.25) is 0 Å². The van der Waals surface area contributed by atoms with Crippen LogP contribution < -0.4 is 21.3 Å². The Morgan fingerprint density at radius 1 is 0.778 bits per heavy atom. The standard InChI is InChI=1S/C27H50N8O/c1-25(2,17-35(36)18-26(3,4)34-27(5,6)19-35)33-24-31-22(28-20-13-9-7-10-14-20)30-23(32-24)29-21-15-11-8-12-16-21/h20-21,34H,7-19H2,1-6H3,(H3,28,29,30,31,32,33). The number of rotatable bonds is 8. The van der Waals surface area contributed by atoms with Crippen LogP contribution >= 0.6 is 0 Å². The van der Waals surface area contributed by atoms with Crippen LogP contribution in [0.5, 0.6) is 0 Å². The molecule has 3 aliphatic rings. The normalized spacial score (nSPS) is 24.8. The number of piperazine rings is 1. The lowest BCUT2D eigenvalue weighted by molar-refractivity contribution is -0.896. The Labute approximate surface area is 218 Å². The number of hydroxylamine groups is 3. The molecule has 9 nitrogen and oxygen atoms in total. The minimum Gasteiger partial charge on any atom is -0.633 e. The third-order valence-electron chi connectivity index (χ3n) is 7.69. The fourth-order valence-corrected chi connectivity index (χ4v) is 7.09. The summed E-state index contributed by atoms with van der Waals surface area (Å²) >= 11 is 0. The fourth-order valence-electron chi connectivity index (χ4n) is 7.09. The van der Waals surface area contributed by atoms with Crippen LogP contribution in [-0.4, -0.2) is 67.9 Å². The summed E-state index contributed by atoms with van der Waals surface area (Å²) < 4.78 is -0.252. The Kier molecular flexibility index (Phi) is 8.03. The van der Waals surface area contributed by atoms with Crippen LogP contribution in [0.25, 0.3) is 0 Å². The first-order valence-electron chi connectivity index (χ1n) is 14.2. The summed E-state index contributed by atoms with van der Waals surface area (Å²) in [4.78, 5) is 14.3. The van der Waals surface area contributed by atoms with Gasteiger partial charge in [-0.2, -0.15) is 15.0 Å². The van der Waals surface area contributed by atoms with Gasteiger partial charge in [-0.15, -0.1) is 0 Å². The van der Waals surface area contributed by atoms with E-state index in [1.807, 2.05) is 0 Å². The molecule has 0 bridgehead atoms. The lowest BCUT2D eigenvalue weighted by Crippen LogP contribution is -2.74. The number of hydrogen-bond donors (Lipinski definition) is 4. The Morgan fingerprint density at radius 3 is 1.64 bits per heavy atom. The first-order chi connectivity index (χ1) is 16.8. The predicted molar refractivity (Wildman–Crippen MR) is 148 cm³/mol. The number of anilines is 3. The molecule has 36 heavy (non-hydrogen) atoms. The minimum atomic E-state index is -0.489. The molecule has 2 heterocycles. The van der Waals surface area contributed by atoms with E-state index in [-0.39, 0.29) is 15.7 Å². The minimum absolute atomic E-state index is 0.221. The molecule has 204 valence electrons. The fraction of sp³-hybridized carbons (Fsp3) is 0.889. The van der Waals surface area contributed by atoms with Crippen LogP contribution in [0.3, 0.4) is 0 Å². The van der Waals surface area contributed by atoms with Crippen molar-refractivity contribution < 1.29 is 4.65 Å². The smallest absolute Gasteiger partial charge is 0.229 e. The summed E-state index contributed by atoms with van der Waals surface area (Å²) in [6.07, 6.45) is 12.2. The van der Waals surface area contributed by atoms with Crippen LogP contribution in [0.1, 0.15) is 106 Å². The first kappa shape index (κ1) is 27.3. The SMILES string of the molecule is CC(C)(C[N+]1([O-])CC(C)(C)NC(C)(C)C1)Nc1nc(NC2CCCCC2)nc(NC2CCCCC2)n1. The summed E-state index contributed by atoms with van der Waals surface area (Å²) in [5, 5.41) is 28.3. The van der Waals surface area contributed by atoms with Crippen LogP contribution in [0.15, 0.2) is 0 Å². The van der Waals surface area contributed by atoms with Crippen molar-refractivity contribution in [1.82, 2.24) is 20.3 Å². The molecule has 4 N–H and O–H groups in total. The van der Waals surface area contributed by atoms with E-state index in [2.05, 4.69) is 62.8 Å². The molecular formula is C27H50N8O. The maximum atomic E-state index is 14.0. The second kappa shape index (κ2) is 10.6. The monoisotopic (exact) mass is 502 g/mol. The average molecular weight is 503 g/mol. The molecule has 9 heteroatoms. The first-order valence-corrected chi connectivity index (χ1v) is 14.2. The number of quaternary nitrogens is 1. The maximum Gasteiger partial charge on any atom is 0.229 e. The molecule has 3 fully saturated rings. The van der Waals surface area contributed by atoms with Crippen molar-refractivity contribution in [3.8, 4) is 0 Å². The molecule has 4 rings (SSSR count). The van der Waals surface area contributed by atoms with Gasteiger partial charge in [0.25, 0.3) is 0 Å². The van der Waals surface area contributed by atoms with Crippen molar-refractivity contribution in [1.29, 1.82) is 0 Å². The molecule has 0 atom stereocenters. The summed E-state index contributed by atoms with van der Waals surface area (Å²) in [5.41, 5.74) is -0.932. The van der Waals surface area contributed by atoms with E-state index < -0.39 is 5.54 Å². The molecule has 0 unspecified atom stereocenters. The van der Waals surface area contributed by atoms with Crippen molar-refractivity contribution >= 4 is 17.8 Å². The van der Waals surface area contributed by atoms with Crippen molar-refractivity contribution in [2.75, 3.05) is 35.6 Å². The molecule has 0 spiro atoms. The molecule has 1 aliphatic heterocycles. The number of nitrogens with one attached hydrogen (secondary N) is 4. The quantitative estimate of drug-likeness (QED) is 0.290. The maximum absolute atomic E-state index is 14.0. The van der Waals surface area contributed by atoms with E-state index in [1.54, 1.807) is 0 Å². The van der Waals surface area contributed by atoms with E-state index in [9.17, 15) is 5.21 Å². The van der Waals surface area contributed by atoms with Crippen molar-refractivity contribution in [2.45, 2.75) is 134 Å². The third-order valence-corrected chi connectivity index (χ3v) is 7.69. The van der Waals surface area contributed by atoms with E-state index in [4.69, 9.17) is 15.0 Å². The van der Waals surface area contributed by atoms with Gasteiger partial charge >= 0.3 is 0 Å². The molecule has 2 aliphatic carbocycles. The number of nitrogens with zero attached hydrogens (tertiary/aromatic N) is 4. The second-order valence-electron chi connectivity index (χ2n) is 13.7. The molecule has 1 saturated heterocycles. The summed E-state index contributed by atoms with van der Waals surface area (Å²) in [6, 6.07) is 0.815. The van der Waals surface area contributed by atoms with Crippen molar-refractivity contribution in [3.05, 3.63) is 5.21 Å². The van der Waals surface area contributed by atoms with E-state index in [0.717, 1.165) is 25.7 Å². The average Bonchev–Trinajstić information content (AvgIpc) is 2.71. The molecule has 0 amide bonds. The summed E-state index contributed by atoms with van der Waals surface area (Å²) in [6.45, 7) is 14.1. The lowest BCUT2D eigenvalue weighted by Gasteiger charge is -2.58. The zero-order chi connectivity index (χ0) is 26.0. The van der Waals surface area contributed by atoms with Crippen LogP contribution in [0, 0.1) is 5.21 Å². The highest BCUT2D eigenvalue weighted by Crippen LogP contribution is 2.30. The van der Waals surface area contributed by atoms with Gasteiger partial charge in [-0.3, -0.25) is 5.32 Å². The highest BCUT2D eigenvalue weighted by Gasteiger charge is 2.45. The van der Waals surface area contributed by atoms with Gasteiger partial charge in [0.05, 0.1) is 29.7 Å². The number of aromatic nitrogens is 3. The third kappa shape index (κ3) is 7.89. The molecule has 0 radical (unpaired) electrons. The summed E-state index contributed by atoms with van der Waals surface area (Å²) in [7, 11) is 0. The highest BCUT2D eigenvalue weighted by atomic mass is 16.5. The van der Waals surface area contributed by atoms with Gasteiger partial charge in [-0.25, -0.2) is 0 Å². The molecule has 1 aromatic rings. The van der Waals surface area contributed by atoms with Gasteiger partial charge in [0.15, 0.2) is 0 Å². The Morgan fingerprint density at radius 2 is 1.19 bits per heavy atom. The second-order valence-corrected chi connectivity index (χ2v) is 13.7. The molecule has 1 aromatic heterocycles. The molecule has 0 aromatic carbocycles. The van der Waals surface area contributed by atoms with Gasteiger partial charge in [-0.05, 0) is 67.2 Å². The van der Waals surface area contributed by atoms with E-state index >= 15 is 0 Å². The van der Waals surface area contributed by atoms with Gasteiger partial charge in [0.2, 0.25) is 17.8 Å². The van der Waals surface area contributed by atoms with Crippen molar-refractivity contribution in [2.24, 2.45) is 0 Å². The van der Waals surface area contributed by atoms with Gasteiger partial charge in [0, 0.05) is 12.1 Å². The van der Waals surface area contributed by atoms with E-state index in [0.29, 0.717) is 49.6 Å². The van der Waals surface area contributed by atoms with E-state index in [1.165, 1.54) is 38.5 Å². The van der Waals surface area contributed by atoms with Gasteiger partial charge < -0.3 is 25.8 Å². The van der Waals surface area contributed by atoms with Crippen LogP contribution in [0.4, 0.5) is 17.8 Å². The topological polar surface area (TPSA) is 110 Å². The Balaban J connectivity index is 1.52. The van der Waals surface area contributed by atoms with Gasteiger partial charge in [0.1, 0.15) is 6.54 Å². The highest BCUT2D eigenvalue weighted by molar-refractivity contribution is 5.44. The van der Waals surface area contributed by atoms with Crippen molar-refractivity contribution in [3.63, 3.8) is 0 Å². The lowest BCUT2D eigenvalue weighted by atomic mass is 9.89. The Hall–Kier alpha value is -1.71. The Bertz CT molecular complexity index is 820. The number of hydrogen-bond acceptors (Lipinski definition) is 8. The van der Waals surface area contributed by atoms with Crippen LogP contribution in [-0.2, 0) is 0 Å².